The van der Waals surface area contributed by atoms with Gasteiger partial charge in [0.05, 0.1) is 0 Å². The molecule has 0 aromatic carbocycles. The van der Waals surface area contributed by atoms with Crippen molar-refractivity contribution in [3.63, 3.8) is 0 Å². The fourth-order valence-electron chi connectivity index (χ4n) is 2.54. The van der Waals surface area contributed by atoms with Gasteiger partial charge in [-0.15, -0.1) is 0 Å². The second-order valence-electron chi connectivity index (χ2n) is 6.84. The fraction of sp³-hybridized carbons (Fsp3) is 0.929. The van der Waals surface area contributed by atoms with Crippen LogP contribution in [-0.2, 0) is 4.79 Å². The monoisotopic (exact) mass is 303 g/mol. The van der Waals surface area contributed by atoms with Crippen LogP contribution in [0.2, 0.25) is 0 Å². The molecule has 1 N–H and O–H groups in total. The second kappa shape index (κ2) is 5.73. The van der Waals surface area contributed by atoms with Gasteiger partial charge in [-0.25, -0.2) is 0 Å². The zero-order valence-corrected chi connectivity index (χ0v) is 13.2. The Kier molecular flexibility index (Phi) is 5.06. The fourth-order valence-corrected chi connectivity index (χ4v) is 3.67. The highest BCUT2D eigenvalue weighted by atomic mass is 79.9. The van der Waals surface area contributed by atoms with E-state index in [9.17, 15) is 4.79 Å². The zero-order chi connectivity index (χ0) is 13.1. The Morgan fingerprint density at radius 1 is 1.35 bits per heavy atom. The van der Waals surface area contributed by atoms with Crippen molar-refractivity contribution in [2.24, 2.45) is 10.8 Å². The van der Waals surface area contributed by atoms with Crippen LogP contribution in [0, 0.1) is 10.8 Å². The number of carbonyl (C=O) groups excluding carboxylic acids is 1. The van der Waals surface area contributed by atoms with E-state index in [4.69, 9.17) is 0 Å². The number of amides is 1. The maximum atomic E-state index is 12.1. The van der Waals surface area contributed by atoms with Gasteiger partial charge >= 0.3 is 0 Å². The Balaban J connectivity index is 2.33. The first-order chi connectivity index (χ1) is 7.73. The SMILES string of the molecule is CC(C)(C)CC(Br)CNC(=O)C1(C)CCCC1. The van der Waals surface area contributed by atoms with Crippen LogP contribution < -0.4 is 5.32 Å². The number of rotatable bonds is 4. The van der Waals surface area contributed by atoms with Crippen LogP contribution in [0.5, 0.6) is 0 Å². The molecule has 17 heavy (non-hydrogen) atoms. The van der Waals surface area contributed by atoms with Crippen LogP contribution in [0.3, 0.4) is 0 Å². The van der Waals surface area contributed by atoms with Crippen molar-refractivity contribution >= 4 is 21.8 Å². The van der Waals surface area contributed by atoms with E-state index in [1.165, 1.54) is 12.8 Å². The van der Waals surface area contributed by atoms with E-state index >= 15 is 0 Å². The highest BCUT2D eigenvalue weighted by Gasteiger charge is 2.36. The molecule has 1 aliphatic carbocycles. The Bertz CT molecular complexity index is 264. The number of carbonyl (C=O) groups is 1. The van der Waals surface area contributed by atoms with Gasteiger partial charge < -0.3 is 5.32 Å². The summed E-state index contributed by atoms with van der Waals surface area (Å²) in [4.78, 5) is 12.5. The van der Waals surface area contributed by atoms with Crippen molar-refractivity contribution in [3.05, 3.63) is 0 Å². The number of halogens is 1. The summed E-state index contributed by atoms with van der Waals surface area (Å²) < 4.78 is 0. The van der Waals surface area contributed by atoms with Crippen LogP contribution in [-0.4, -0.2) is 17.3 Å². The number of hydrogen-bond donors (Lipinski definition) is 1. The lowest BCUT2D eigenvalue weighted by molar-refractivity contribution is -0.129. The van der Waals surface area contributed by atoms with Gasteiger partial charge in [-0.2, -0.15) is 0 Å². The van der Waals surface area contributed by atoms with Crippen LogP contribution in [0.1, 0.15) is 59.8 Å². The summed E-state index contributed by atoms with van der Waals surface area (Å²) in [5.74, 6) is 0.244. The Labute approximate surface area is 114 Å². The number of alkyl halides is 1. The molecule has 1 saturated carbocycles. The van der Waals surface area contributed by atoms with Crippen molar-refractivity contribution in [2.45, 2.75) is 64.6 Å². The molecule has 0 spiro atoms. The molecule has 1 aliphatic rings. The molecule has 0 heterocycles. The standard InChI is InChI=1S/C14H26BrNO/c1-13(2,3)9-11(15)10-16-12(17)14(4)7-5-6-8-14/h11H,5-10H2,1-4H3,(H,16,17). The lowest BCUT2D eigenvalue weighted by Crippen LogP contribution is -2.40. The van der Waals surface area contributed by atoms with Crippen molar-refractivity contribution < 1.29 is 4.79 Å². The smallest absolute Gasteiger partial charge is 0.225 e. The van der Waals surface area contributed by atoms with Gasteiger partial charge in [-0.3, -0.25) is 4.79 Å². The van der Waals surface area contributed by atoms with E-state index < -0.39 is 0 Å². The average molecular weight is 304 g/mol. The molecular formula is C14H26BrNO. The lowest BCUT2D eigenvalue weighted by atomic mass is 9.87. The summed E-state index contributed by atoms with van der Waals surface area (Å²) in [6, 6.07) is 0. The largest absolute Gasteiger partial charge is 0.355 e. The molecule has 0 aromatic rings. The molecule has 1 fully saturated rings. The second-order valence-corrected chi connectivity index (χ2v) is 8.13. The Morgan fingerprint density at radius 3 is 2.35 bits per heavy atom. The quantitative estimate of drug-likeness (QED) is 0.785. The van der Waals surface area contributed by atoms with E-state index in [-0.39, 0.29) is 11.3 Å². The molecular weight excluding hydrogens is 278 g/mol. The predicted octanol–water partition coefficient (Wildman–Crippen LogP) is 3.88. The summed E-state index contributed by atoms with van der Waals surface area (Å²) >= 11 is 3.65. The van der Waals surface area contributed by atoms with Crippen molar-refractivity contribution in [1.82, 2.24) is 5.32 Å². The molecule has 3 heteroatoms. The van der Waals surface area contributed by atoms with Crippen LogP contribution >= 0.6 is 15.9 Å². The van der Waals surface area contributed by atoms with E-state index in [1.807, 2.05) is 0 Å². The molecule has 1 unspecified atom stereocenters. The molecule has 0 saturated heterocycles. The minimum atomic E-state index is -0.103. The number of hydrogen-bond acceptors (Lipinski definition) is 1. The van der Waals surface area contributed by atoms with Crippen molar-refractivity contribution in [1.29, 1.82) is 0 Å². The summed E-state index contributed by atoms with van der Waals surface area (Å²) in [5, 5.41) is 3.10. The van der Waals surface area contributed by atoms with Gasteiger partial charge in [0.15, 0.2) is 0 Å². The summed E-state index contributed by atoms with van der Waals surface area (Å²) in [5.41, 5.74) is 0.199. The Hall–Kier alpha value is -0.0500. The highest BCUT2D eigenvalue weighted by molar-refractivity contribution is 9.09. The van der Waals surface area contributed by atoms with Gasteiger partial charge in [0.2, 0.25) is 5.91 Å². The summed E-state index contributed by atoms with van der Waals surface area (Å²) in [7, 11) is 0. The minimum absolute atomic E-state index is 0.103. The minimum Gasteiger partial charge on any atom is -0.355 e. The van der Waals surface area contributed by atoms with Crippen molar-refractivity contribution in [2.75, 3.05) is 6.54 Å². The topological polar surface area (TPSA) is 29.1 Å². The third-order valence-corrected chi connectivity index (χ3v) is 4.22. The van der Waals surface area contributed by atoms with Crippen LogP contribution in [0.4, 0.5) is 0 Å². The first-order valence-corrected chi connectivity index (χ1v) is 7.57. The molecule has 2 nitrogen and oxygen atoms in total. The summed E-state index contributed by atoms with van der Waals surface area (Å²) in [6.07, 6.45) is 5.56. The Morgan fingerprint density at radius 2 is 1.88 bits per heavy atom. The molecule has 1 amide bonds. The molecule has 1 rings (SSSR count). The van der Waals surface area contributed by atoms with Crippen LogP contribution in [0.15, 0.2) is 0 Å². The first-order valence-electron chi connectivity index (χ1n) is 6.65. The van der Waals surface area contributed by atoms with Crippen molar-refractivity contribution in [3.8, 4) is 0 Å². The molecule has 100 valence electrons. The lowest BCUT2D eigenvalue weighted by Gasteiger charge is -2.25. The predicted molar refractivity (Wildman–Crippen MR) is 76.4 cm³/mol. The molecule has 0 aromatic heterocycles. The van der Waals surface area contributed by atoms with E-state index in [0.29, 0.717) is 10.2 Å². The van der Waals surface area contributed by atoms with Gasteiger partial charge in [0, 0.05) is 16.8 Å². The zero-order valence-electron chi connectivity index (χ0n) is 11.6. The average Bonchev–Trinajstić information content (AvgIpc) is 2.60. The third kappa shape index (κ3) is 4.99. The van der Waals surface area contributed by atoms with Crippen LogP contribution in [0.25, 0.3) is 0 Å². The highest BCUT2D eigenvalue weighted by Crippen LogP contribution is 2.37. The first kappa shape index (κ1) is 15.0. The molecule has 0 aliphatic heterocycles. The van der Waals surface area contributed by atoms with Gasteiger partial charge in [-0.1, -0.05) is 56.5 Å². The molecule has 0 bridgehead atoms. The molecule has 0 radical (unpaired) electrons. The normalized spacial score (nSPS) is 21.2. The number of nitrogens with one attached hydrogen (secondary N) is 1. The van der Waals surface area contributed by atoms with Gasteiger partial charge in [-0.05, 0) is 24.7 Å². The van der Waals surface area contributed by atoms with Gasteiger partial charge in [0.25, 0.3) is 0 Å². The van der Waals surface area contributed by atoms with E-state index in [2.05, 4.69) is 48.9 Å². The van der Waals surface area contributed by atoms with Gasteiger partial charge in [0.1, 0.15) is 0 Å². The third-order valence-electron chi connectivity index (χ3n) is 3.57. The molecule has 1 atom stereocenters. The maximum absolute atomic E-state index is 12.1. The summed E-state index contributed by atoms with van der Waals surface area (Å²) in [6.45, 7) is 9.51. The van der Waals surface area contributed by atoms with E-state index in [1.54, 1.807) is 0 Å². The maximum Gasteiger partial charge on any atom is 0.225 e. The van der Waals surface area contributed by atoms with E-state index in [0.717, 1.165) is 25.8 Å².